The van der Waals surface area contributed by atoms with E-state index in [1.54, 1.807) is 39.8 Å². The molecule has 1 aromatic carbocycles. The predicted octanol–water partition coefficient (Wildman–Crippen LogP) is 0.841. The van der Waals surface area contributed by atoms with Gasteiger partial charge in [0.25, 0.3) is 0 Å². The number of rotatable bonds is 16. The second-order valence-corrected chi connectivity index (χ2v) is 11.8. The summed E-state index contributed by atoms with van der Waals surface area (Å²) in [6, 6.07) is 0.577. The molecule has 0 aromatic heterocycles. The number of aromatic hydroxyl groups is 1. The third-order valence-electron chi connectivity index (χ3n) is 6.64. The Hall–Kier alpha value is -4.16. The fraction of sp³-hybridized carbons (Fsp3) is 0.600. The lowest BCUT2D eigenvalue weighted by Crippen LogP contribution is -2.60. The minimum Gasteiger partial charge on any atom is -0.508 e. The number of carboxylic acids is 1. The molecule has 0 saturated carbocycles. The Kier molecular flexibility index (Phi) is 14.6. The molecular formula is C30H47N5O8. The Bertz CT molecular complexity index is 1140. The molecule has 0 fully saturated rings. The van der Waals surface area contributed by atoms with Gasteiger partial charge in [-0.25, -0.2) is 4.79 Å². The zero-order chi connectivity index (χ0) is 33.0. The zero-order valence-electron chi connectivity index (χ0n) is 26.2. The maximum atomic E-state index is 13.5. The summed E-state index contributed by atoms with van der Waals surface area (Å²) in [7, 11) is 0. The summed E-state index contributed by atoms with van der Waals surface area (Å²) in [5.74, 6) is -4.89. The van der Waals surface area contributed by atoms with Gasteiger partial charge in [0.05, 0.1) is 0 Å². The lowest BCUT2D eigenvalue weighted by Gasteiger charge is -2.28. The lowest BCUT2D eigenvalue weighted by atomic mass is 9.98. The predicted molar refractivity (Wildman–Crippen MR) is 160 cm³/mol. The summed E-state index contributed by atoms with van der Waals surface area (Å²) in [5, 5.41) is 32.0. The molecule has 1 rings (SSSR count). The monoisotopic (exact) mass is 605 g/mol. The molecule has 0 unspecified atom stereocenters. The first kappa shape index (κ1) is 36.9. The molecule has 0 aliphatic rings. The summed E-state index contributed by atoms with van der Waals surface area (Å²) in [6.07, 6.45) is 0.180. The van der Waals surface area contributed by atoms with E-state index in [1.807, 2.05) is 13.8 Å². The molecule has 1 aromatic rings. The highest BCUT2D eigenvalue weighted by atomic mass is 16.4. The topological polar surface area (TPSA) is 203 Å². The van der Waals surface area contributed by atoms with Crippen molar-refractivity contribution in [3.63, 3.8) is 0 Å². The molecular weight excluding hydrogens is 558 g/mol. The van der Waals surface area contributed by atoms with Crippen LogP contribution in [0.15, 0.2) is 24.3 Å². The molecule has 43 heavy (non-hydrogen) atoms. The van der Waals surface area contributed by atoms with Crippen molar-refractivity contribution < 1.29 is 39.0 Å². The van der Waals surface area contributed by atoms with Crippen molar-refractivity contribution in [2.45, 2.75) is 98.4 Å². The van der Waals surface area contributed by atoms with Crippen LogP contribution in [0.3, 0.4) is 0 Å². The number of carbonyl (C=O) groups is 6. The smallest absolute Gasteiger partial charge is 0.326 e. The maximum Gasteiger partial charge on any atom is 0.326 e. The summed E-state index contributed by atoms with van der Waals surface area (Å²) >= 11 is 0. The SMILES string of the molecule is CC(=O)N[C@H](C(=O)N[C@H](C(=O)N[C@@H](Cc1ccc(O)cc1)C(=O)N[C@@H](C)C(=O)N[C@@H](CC(C)C)C(=O)O)C(C)C)C(C)C. The van der Waals surface area contributed by atoms with Crippen LogP contribution >= 0.6 is 0 Å². The average molecular weight is 606 g/mol. The van der Waals surface area contributed by atoms with Crippen LogP contribution in [0.5, 0.6) is 5.75 Å². The van der Waals surface area contributed by atoms with Crippen LogP contribution in [0.2, 0.25) is 0 Å². The fourth-order valence-electron chi connectivity index (χ4n) is 4.24. The number of amides is 5. The standard InChI is InChI=1S/C30H47N5O8/c1-15(2)13-23(30(42)43)34-26(38)18(7)31-27(39)22(14-20-9-11-21(37)12-10-20)33-28(40)25(17(5)6)35-29(41)24(16(3)4)32-19(8)36/h9-12,15-18,22-25,37H,13-14H2,1-8H3,(H,31,39)(H,32,36)(H,33,40)(H,34,38)(H,35,41)(H,42,43)/t18-,22-,23-,24-,25-/m0/s1. The Morgan fingerprint density at radius 3 is 1.60 bits per heavy atom. The van der Waals surface area contributed by atoms with Crippen LogP contribution in [0.25, 0.3) is 0 Å². The van der Waals surface area contributed by atoms with Crippen LogP contribution in [0, 0.1) is 17.8 Å². The highest BCUT2D eigenvalue weighted by molar-refractivity contribution is 5.96. The summed E-state index contributed by atoms with van der Waals surface area (Å²) < 4.78 is 0. The molecule has 13 nitrogen and oxygen atoms in total. The van der Waals surface area contributed by atoms with Gasteiger partial charge < -0.3 is 36.8 Å². The first-order valence-corrected chi connectivity index (χ1v) is 14.4. The average Bonchev–Trinajstić information content (AvgIpc) is 2.89. The van der Waals surface area contributed by atoms with E-state index in [4.69, 9.17) is 0 Å². The van der Waals surface area contributed by atoms with Crippen molar-refractivity contribution in [3.8, 4) is 5.75 Å². The number of aliphatic carboxylic acids is 1. The van der Waals surface area contributed by atoms with Gasteiger partial charge in [-0.3, -0.25) is 24.0 Å². The number of carboxylic acid groups (broad SMARTS) is 1. The first-order chi connectivity index (χ1) is 19.9. The maximum absolute atomic E-state index is 13.5. The Morgan fingerprint density at radius 1 is 0.651 bits per heavy atom. The minimum absolute atomic E-state index is 0.000322. The minimum atomic E-state index is -1.20. The zero-order valence-corrected chi connectivity index (χ0v) is 26.2. The molecule has 5 atom stereocenters. The van der Waals surface area contributed by atoms with Gasteiger partial charge in [0.2, 0.25) is 29.5 Å². The van der Waals surface area contributed by atoms with Gasteiger partial charge in [-0.2, -0.15) is 0 Å². The van der Waals surface area contributed by atoms with E-state index in [-0.39, 0.29) is 30.4 Å². The third-order valence-corrected chi connectivity index (χ3v) is 6.64. The number of nitrogens with one attached hydrogen (secondary N) is 5. The summed E-state index contributed by atoms with van der Waals surface area (Å²) in [6.45, 7) is 13.2. The van der Waals surface area contributed by atoms with Gasteiger partial charge >= 0.3 is 5.97 Å². The van der Waals surface area contributed by atoms with Crippen LogP contribution < -0.4 is 26.6 Å². The highest BCUT2D eigenvalue weighted by Crippen LogP contribution is 2.13. The second-order valence-electron chi connectivity index (χ2n) is 11.8. The normalized spacial score (nSPS) is 14.7. The van der Waals surface area contributed by atoms with Crippen LogP contribution in [-0.2, 0) is 35.2 Å². The fourth-order valence-corrected chi connectivity index (χ4v) is 4.24. The van der Waals surface area contributed by atoms with E-state index in [0.29, 0.717) is 5.56 Å². The number of hydrogen-bond acceptors (Lipinski definition) is 7. The number of phenols is 1. The lowest BCUT2D eigenvalue weighted by molar-refractivity contribution is -0.142. The van der Waals surface area contributed by atoms with Gasteiger partial charge in [-0.05, 0) is 48.8 Å². The molecule has 5 amide bonds. The summed E-state index contributed by atoms with van der Waals surface area (Å²) in [4.78, 5) is 75.8. The first-order valence-electron chi connectivity index (χ1n) is 14.4. The quantitative estimate of drug-likeness (QED) is 0.144. The second kappa shape index (κ2) is 17.1. The van der Waals surface area contributed by atoms with E-state index >= 15 is 0 Å². The Balaban J connectivity index is 3.18. The van der Waals surface area contributed by atoms with Crippen LogP contribution in [0.1, 0.15) is 67.4 Å². The molecule has 7 N–H and O–H groups in total. The van der Waals surface area contributed by atoms with Gasteiger partial charge in [-0.15, -0.1) is 0 Å². The molecule has 0 aliphatic carbocycles. The van der Waals surface area contributed by atoms with Crippen LogP contribution in [-0.4, -0.2) is 75.9 Å². The van der Waals surface area contributed by atoms with Crippen LogP contribution in [0.4, 0.5) is 0 Å². The number of hydrogen-bond donors (Lipinski definition) is 7. The van der Waals surface area contributed by atoms with Crippen molar-refractivity contribution in [3.05, 3.63) is 29.8 Å². The number of phenolic OH excluding ortho intramolecular Hbond substituents is 1. The number of carbonyl (C=O) groups excluding carboxylic acids is 5. The molecule has 0 heterocycles. The van der Waals surface area contributed by atoms with Gasteiger partial charge in [0.15, 0.2) is 0 Å². The Morgan fingerprint density at radius 2 is 1.14 bits per heavy atom. The molecule has 0 aliphatic heterocycles. The molecule has 0 spiro atoms. The van der Waals surface area contributed by atoms with Crippen molar-refractivity contribution in [2.24, 2.45) is 17.8 Å². The molecule has 13 heteroatoms. The van der Waals surface area contributed by atoms with Crippen molar-refractivity contribution in [1.82, 2.24) is 26.6 Å². The Labute approximate surface area is 252 Å². The molecule has 0 radical (unpaired) electrons. The molecule has 0 saturated heterocycles. The van der Waals surface area contributed by atoms with E-state index in [1.165, 1.54) is 26.0 Å². The van der Waals surface area contributed by atoms with Gasteiger partial charge in [-0.1, -0.05) is 53.7 Å². The van der Waals surface area contributed by atoms with E-state index in [0.717, 1.165) is 0 Å². The van der Waals surface area contributed by atoms with E-state index < -0.39 is 71.6 Å². The summed E-state index contributed by atoms with van der Waals surface area (Å²) in [5.41, 5.74) is 0.592. The van der Waals surface area contributed by atoms with Gasteiger partial charge in [0.1, 0.15) is 36.0 Å². The highest BCUT2D eigenvalue weighted by Gasteiger charge is 2.33. The number of benzene rings is 1. The molecule has 240 valence electrons. The largest absolute Gasteiger partial charge is 0.508 e. The molecule has 0 bridgehead atoms. The van der Waals surface area contributed by atoms with E-state index in [2.05, 4.69) is 26.6 Å². The van der Waals surface area contributed by atoms with Crippen molar-refractivity contribution in [1.29, 1.82) is 0 Å². The van der Waals surface area contributed by atoms with Crippen molar-refractivity contribution >= 4 is 35.5 Å². The van der Waals surface area contributed by atoms with Gasteiger partial charge in [0, 0.05) is 13.3 Å². The third kappa shape index (κ3) is 12.7. The van der Waals surface area contributed by atoms with Crippen molar-refractivity contribution in [2.75, 3.05) is 0 Å². The van der Waals surface area contributed by atoms with E-state index in [9.17, 15) is 39.0 Å².